The van der Waals surface area contributed by atoms with Crippen molar-refractivity contribution in [1.82, 2.24) is 0 Å². The maximum atomic E-state index is 5.83. The number of hydrogen-bond donors (Lipinski definition) is 0. The van der Waals surface area contributed by atoms with Gasteiger partial charge in [-0.15, -0.1) is 0 Å². The minimum atomic E-state index is 0.359. The van der Waals surface area contributed by atoms with Gasteiger partial charge in [-0.05, 0) is 26.7 Å². The second-order valence-electron chi connectivity index (χ2n) is 4.30. The van der Waals surface area contributed by atoms with Gasteiger partial charge in [0, 0.05) is 0 Å². The summed E-state index contributed by atoms with van der Waals surface area (Å²) in [4.78, 5) is 0. The third kappa shape index (κ3) is 8.55. The Labute approximate surface area is 90.2 Å². The zero-order chi connectivity index (χ0) is 10.8. The molecule has 0 aromatic carbocycles. The average Bonchev–Trinajstić information content (AvgIpc) is 2.12. The second-order valence-corrected chi connectivity index (χ2v) is 4.30. The zero-order valence-electron chi connectivity index (χ0n) is 10.2. The molecule has 0 N–H and O–H groups in total. The summed E-state index contributed by atoms with van der Waals surface area (Å²) in [5, 5.41) is 0. The second kappa shape index (κ2) is 9.51. The summed E-state index contributed by atoms with van der Waals surface area (Å²) in [7, 11) is 0. The topological polar surface area (TPSA) is 9.23 Å². The van der Waals surface area contributed by atoms with Gasteiger partial charge >= 0.3 is 0 Å². The number of rotatable bonds is 9. The van der Waals surface area contributed by atoms with Crippen LogP contribution in [-0.4, -0.2) is 12.2 Å². The molecular formula is C13H27O. The van der Waals surface area contributed by atoms with Crippen molar-refractivity contribution in [2.45, 2.75) is 77.9 Å². The molecule has 0 fully saturated rings. The standard InChI is InChI=1S/C13H27O/c1-5-7-8-9-11-13(10-6-2)14-12(3)4/h12-13H,2,5-11H2,1,3-4H3. The van der Waals surface area contributed by atoms with Crippen LogP contribution in [0.25, 0.3) is 0 Å². The van der Waals surface area contributed by atoms with E-state index in [-0.39, 0.29) is 0 Å². The molecule has 0 saturated carbocycles. The fraction of sp³-hybridized carbons (Fsp3) is 0.923. The van der Waals surface area contributed by atoms with Crippen LogP contribution < -0.4 is 0 Å². The highest BCUT2D eigenvalue weighted by atomic mass is 16.5. The summed E-state index contributed by atoms with van der Waals surface area (Å²) >= 11 is 0. The lowest BCUT2D eigenvalue weighted by atomic mass is 10.1. The van der Waals surface area contributed by atoms with Gasteiger partial charge in [0.05, 0.1) is 12.2 Å². The van der Waals surface area contributed by atoms with Gasteiger partial charge in [0.2, 0.25) is 0 Å². The van der Waals surface area contributed by atoms with Crippen LogP contribution in [0.15, 0.2) is 0 Å². The first-order valence-corrected chi connectivity index (χ1v) is 6.15. The molecule has 0 heterocycles. The van der Waals surface area contributed by atoms with E-state index in [4.69, 9.17) is 4.74 Å². The third-order valence-electron chi connectivity index (χ3n) is 2.37. The molecular weight excluding hydrogens is 172 g/mol. The number of unbranched alkanes of at least 4 members (excludes halogenated alkanes) is 3. The summed E-state index contributed by atoms with van der Waals surface area (Å²) in [6, 6.07) is 0. The van der Waals surface area contributed by atoms with E-state index < -0.39 is 0 Å². The fourth-order valence-electron chi connectivity index (χ4n) is 1.69. The largest absolute Gasteiger partial charge is 0.376 e. The number of ether oxygens (including phenoxy) is 1. The van der Waals surface area contributed by atoms with Crippen LogP contribution in [0.2, 0.25) is 0 Å². The molecule has 1 atom stereocenters. The fourth-order valence-corrected chi connectivity index (χ4v) is 1.69. The molecule has 0 spiro atoms. The van der Waals surface area contributed by atoms with Gasteiger partial charge in [0.15, 0.2) is 0 Å². The van der Waals surface area contributed by atoms with E-state index in [2.05, 4.69) is 27.7 Å². The first-order valence-electron chi connectivity index (χ1n) is 6.15. The van der Waals surface area contributed by atoms with E-state index in [0.717, 1.165) is 12.8 Å². The summed E-state index contributed by atoms with van der Waals surface area (Å²) in [6.07, 6.45) is 9.46. The lowest BCUT2D eigenvalue weighted by Crippen LogP contribution is -2.17. The van der Waals surface area contributed by atoms with Crippen LogP contribution in [0.1, 0.15) is 65.7 Å². The Hall–Kier alpha value is -0.0400. The van der Waals surface area contributed by atoms with Gasteiger partial charge in [-0.3, -0.25) is 0 Å². The van der Waals surface area contributed by atoms with E-state index >= 15 is 0 Å². The number of hydrogen-bond acceptors (Lipinski definition) is 1. The van der Waals surface area contributed by atoms with Crippen molar-refractivity contribution in [3.63, 3.8) is 0 Å². The van der Waals surface area contributed by atoms with Gasteiger partial charge in [0.1, 0.15) is 0 Å². The molecule has 1 heteroatoms. The Morgan fingerprint density at radius 2 is 1.79 bits per heavy atom. The maximum Gasteiger partial charge on any atom is 0.0578 e. The quantitative estimate of drug-likeness (QED) is 0.501. The normalized spacial score (nSPS) is 13.5. The molecule has 0 amide bonds. The smallest absolute Gasteiger partial charge is 0.0578 e. The predicted molar refractivity (Wildman–Crippen MR) is 63.4 cm³/mol. The molecule has 0 aliphatic carbocycles. The lowest BCUT2D eigenvalue weighted by Gasteiger charge is -2.19. The van der Waals surface area contributed by atoms with Crippen LogP contribution in [0.5, 0.6) is 0 Å². The van der Waals surface area contributed by atoms with E-state index in [0.29, 0.717) is 12.2 Å². The van der Waals surface area contributed by atoms with Crippen molar-refractivity contribution in [3.8, 4) is 0 Å². The van der Waals surface area contributed by atoms with E-state index in [1.165, 1.54) is 32.1 Å². The van der Waals surface area contributed by atoms with Gasteiger partial charge < -0.3 is 4.74 Å². The monoisotopic (exact) mass is 199 g/mol. The summed E-state index contributed by atoms with van der Waals surface area (Å²) in [6.45, 7) is 10.4. The molecule has 0 saturated heterocycles. The van der Waals surface area contributed by atoms with Crippen LogP contribution in [-0.2, 0) is 4.74 Å². The van der Waals surface area contributed by atoms with E-state index in [1.54, 1.807) is 0 Å². The minimum Gasteiger partial charge on any atom is -0.376 e. The van der Waals surface area contributed by atoms with Gasteiger partial charge in [-0.1, -0.05) is 46.0 Å². The van der Waals surface area contributed by atoms with Crippen molar-refractivity contribution in [1.29, 1.82) is 0 Å². The Morgan fingerprint density at radius 1 is 1.07 bits per heavy atom. The van der Waals surface area contributed by atoms with Crippen molar-refractivity contribution in [3.05, 3.63) is 6.92 Å². The molecule has 1 unspecified atom stereocenters. The minimum absolute atomic E-state index is 0.359. The predicted octanol–water partition coefficient (Wildman–Crippen LogP) is 4.36. The van der Waals surface area contributed by atoms with Crippen LogP contribution >= 0.6 is 0 Å². The highest BCUT2D eigenvalue weighted by Gasteiger charge is 2.09. The zero-order valence-corrected chi connectivity index (χ0v) is 10.2. The molecule has 0 aromatic heterocycles. The maximum absolute atomic E-state index is 5.83. The van der Waals surface area contributed by atoms with Crippen molar-refractivity contribution >= 4 is 0 Å². The van der Waals surface area contributed by atoms with Crippen molar-refractivity contribution in [2.75, 3.05) is 0 Å². The van der Waals surface area contributed by atoms with Crippen LogP contribution in [0.3, 0.4) is 0 Å². The van der Waals surface area contributed by atoms with Gasteiger partial charge in [-0.25, -0.2) is 0 Å². The molecule has 14 heavy (non-hydrogen) atoms. The molecule has 85 valence electrons. The Bertz CT molecular complexity index is 110. The average molecular weight is 199 g/mol. The Morgan fingerprint density at radius 3 is 2.29 bits per heavy atom. The highest BCUT2D eigenvalue weighted by molar-refractivity contribution is 4.61. The molecule has 1 nitrogen and oxygen atoms in total. The molecule has 0 aromatic rings. The summed E-state index contributed by atoms with van der Waals surface area (Å²) < 4.78 is 5.83. The highest BCUT2D eigenvalue weighted by Crippen LogP contribution is 2.14. The Balaban J connectivity index is 3.51. The molecule has 1 radical (unpaired) electrons. The van der Waals surface area contributed by atoms with Crippen molar-refractivity contribution < 1.29 is 4.74 Å². The first-order chi connectivity index (χ1) is 6.70. The van der Waals surface area contributed by atoms with Gasteiger partial charge in [-0.2, -0.15) is 0 Å². The first kappa shape index (κ1) is 14.0. The molecule has 0 aliphatic rings. The van der Waals surface area contributed by atoms with Crippen LogP contribution in [0, 0.1) is 6.92 Å². The lowest BCUT2D eigenvalue weighted by molar-refractivity contribution is -0.00216. The molecule has 0 rings (SSSR count). The van der Waals surface area contributed by atoms with E-state index in [9.17, 15) is 0 Å². The summed E-state index contributed by atoms with van der Waals surface area (Å²) in [5.41, 5.74) is 0. The van der Waals surface area contributed by atoms with Gasteiger partial charge in [0.25, 0.3) is 0 Å². The van der Waals surface area contributed by atoms with Crippen LogP contribution in [0.4, 0.5) is 0 Å². The SMILES string of the molecule is [CH2]CCC(CCCCCC)OC(C)C. The Kier molecular flexibility index (Phi) is 9.49. The third-order valence-corrected chi connectivity index (χ3v) is 2.37. The van der Waals surface area contributed by atoms with E-state index in [1.807, 2.05) is 0 Å². The van der Waals surface area contributed by atoms with Crippen molar-refractivity contribution in [2.24, 2.45) is 0 Å². The molecule has 0 bridgehead atoms. The summed E-state index contributed by atoms with van der Waals surface area (Å²) in [5.74, 6) is 0. The molecule has 0 aliphatic heterocycles.